The highest BCUT2D eigenvalue weighted by molar-refractivity contribution is 5.72. The number of nitrogen functional groups attached to an aromatic ring is 1. The van der Waals surface area contributed by atoms with Gasteiger partial charge in [-0.15, -0.1) is 0 Å². The van der Waals surface area contributed by atoms with Crippen LogP contribution in [0.5, 0.6) is 0 Å². The lowest BCUT2D eigenvalue weighted by atomic mass is 10.2. The van der Waals surface area contributed by atoms with Gasteiger partial charge in [0.05, 0.1) is 29.5 Å². The summed E-state index contributed by atoms with van der Waals surface area (Å²) in [7, 11) is 0. The largest absolute Gasteiger partial charge is 0.397 e. The van der Waals surface area contributed by atoms with Crippen molar-refractivity contribution >= 4 is 34.1 Å². The summed E-state index contributed by atoms with van der Waals surface area (Å²) in [4.78, 5) is 14.8. The molecule has 0 saturated carbocycles. The van der Waals surface area contributed by atoms with E-state index in [1.165, 1.54) is 6.07 Å². The summed E-state index contributed by atoms with van der Waals surface area (Å²) in [5.74, 6) is 0. The van der Waals surface area contributed by atoms with E-state index in [0.717, 1.165) is 68.1 Å². The van der Waals surface area contributed by atoms with Crippen LogP contribution in [0, 0.1) is 10.1 Å². The molecule has 38 heavy (non-hydrogen) atoms. The van der Waals surface area contributed by atoms with Gasteiger partial charge in [-0.1, -0.05) is 26.7 Å². The second kappa shape index (κ2) is 18.9. The molecule has 0 aromatic heterocycles. The van der Waals surface area contributed by atoms with E-state index in [1.54, 1.807) is 12.1 Å². The summed E-state index contributed by atoms with van der Waals surface area (Å²) < 4.78 is 0. The first-order valence-electron chi connectivity index (χ1n) is 13.7. The molecule has 0 heterocycles. The zero-order valence-electron chi connectivity index (χ0n) is 23.6. The number of nitrogens with two attached hydrogens (primary N) is 1. The molecule has 0 bridgehead atoms. The number of hydrogen-bond acceptors (Lipinski definition) is 9. The Hall–Kier alpha value is -3.24. The molecular formula is C28H48N6O4. The van der Waals surface area contributed by atoms with Crippen LogP contribution < -0.4 is 26.2 Å². The van der Waals surface area contributed by atoms with E-state index in [2.05, 4.69) is 42.4 Å². The summed E-state index contributed by atoms with van der Waals surface area (Å²) in [6.07, 6.45) is 4.30. The summed E-state index contributed by atoms with van der Waals surface area (Å²) in [6, 6.07) is 11.0. The third kappa shape index (κ3) is 11.0. The molecule has 0 radical (unpaired) electrons. The Bertz CT molecular complexity index is 944. The van der Waals surface area contributed by atoms with E-state index in [9.17, 15) is 10.1 Å². The van der Waals surface area contributed by atoms with Gasteiger partial charge < -0.3 is 36.4 Å². The van der Waals surface area contributed by atoms with Gasteiger partial charge in [0.1, 0.15) is 5.69 Å². The molecule has 0 fully saturated rings. The van der Waals surface area contributed by atoms with Crippen molar-refractivity contribution in [2.75, 3.05) is 78.6 Å². The fourth-order valence-electron chi connectivity index (χ4n) is 3.90. The van der Waals surface area contributed by atoms with E-state index in [4.69, 9.17) is 15.9 Å². The van der Waals surface area contributed by atoms with Gasteiger partial charge in [-0.3, -0.25) is 10.1 Å². The van der Waals surface area contributed by atoms with Gasteiger partial charge in [0.25, 0.3) is 5.69 Å². The van der Waals surface area contributed by atoms with Gasteiger partial charge in [-0.2, -0.15) is 0 Å². The molecule has 0 atom stereocenters. The smallest absolute Gasteiger partial charge is 0.292 e. The molecule has 214 valence electrons. The lowest BCUT2D eigenvalue weighted by Gasteiger charge is -2.23. The minimum Gasteiger partial charge on any atom is -0.397 e. The molecule has 0 spiro atoms. The molecule has 0 saturated heterocycles. The maximum atomic E-state index is 11.0. The third-order valence-electron chi connectivity index (χ3n) is 6.14. The minimum atomic E-state index is -0.375. The number of nitrogens with zero attached hydrogens (tertiary/aromatic N) is 3. The van der Waals surface area contributed by atoms with E-state index >= 15 is 0 Å². The number of hydrogen-bond donors (Lipinski definition) is 5. The normalized spacial score (nSPS) is 10.4. The molecule has 0 aliphatic rings. The van der Waals surface area contributed by atoms with Crippen molar-refractivity contribution in [1.29, 1.82) is 0 Å². The Morgan fingerprint density at radius 1 is 0.816 bits per heavy atom. The first-order valence-corrected chi connectivity index (χ1v) is 13.7. The fourth-order valence-corrected chi connectivity index (χ4v) is 3.90. The number of aliphatic hydroxyl groups is 2. The number of benzene rings is 2. The SMILES string of the molecule is CCCCNc1cc(N(CC)CCO)ccc1N.CCCCNc1cc(N(CC)CCO)ccc1[N+](=O)[O-]. The second-order valence-corrected chi connectivity index (χ2v) is 8.90. The predicted molar refractivity (Wildman–Crippen MR) is 161 cm³/mol. The molecule has 10 heteroatoms. The van der Waals surface area contributed by atoms with Gasteiger partial charge in [0.2, 0.25) is 0 Å². The number of likely N-dealkylation sites (N-methyl/N-ethyl adjacent to an activating group) is 2. The van der Waals surface area contributed by atoms with Crippen LogP contribution in [0.15, 0.2) is 36.4 Å². The Morgan fingerprint density at radius 3 is 1.74 bits per heavy atom. The Kier molecular flexibility index (Phi) is 16.3. The van der Waals surface area contributed by atoms with Crippen molar-refractivity contribution < 1.29 is 15.1 Å². The molecule has 0 unspecified atom stereocenters. The molecular weight excluding hydrogens is 484 g/mol. The molecule has 6 N–H and O–H groups in total. The lowest BCUT2D eigenvalue weighted by Crippen LogP contribution is -2.26. The zero-order valence-corrected chi connectivity index (χ0v) is 23.6. The van der Waals surface area contributed by atoms with E-state index < -0.39 is 0 Å². The van der Waals surface area contributed by atoms with E-state index in [1.807, 2.05) is 24.0 Å². The Labute approximate surface area is 228 Å². The van der Waals surface area contributed by atoms with Crippen LogP contribution in [0.2, 0.25) is 0 Å². The van der Waals surface area contributed by atoms with Crippen LogP contribution in [0.3, 0.4) is 0 Å². The van der Waals surface area contributed by atoms with Crippen molar-refractivity contribution in [3.63, 3.8) is 0 Å². The van der Waals surface area contributed by atoms with Crippen LogP contribution in [-0.2, 0) is 0 Å². The van der Waals surface area contributed by atoms with E-state index in [-0.39, 0.29) is 23.8 Å². The second-order valence-electron chi connectivity index (χ2n) is 8.90. The average Bonchev–Trinajstić information content (AvgIpc) is 2.92. The zero-order chi connectivity index (χ0) is 28.3. The van der Waals surface area contributed by atoms with Gasteiger partial charge in [0.15, 0.2) is 0 Å². The van der Waals surface area contributed by atoms with Crippen molar-refractivity contribution in [2.45, 2.75) is 53.4 Å². The highest BCUT2D eigenvalue weighted by atomic mass is 16.6. The summed E-state index contributed by atoms with van der Waals surface area (Å²) in [6.45, 7) is 13.0. The first-order chi connectivity index (χ1) is 18.4. The predicted octanol–water partition coefficient (Wildman–Crippen LogP) is 4.92. The molecule has 0 aliphatic heterocycles. The molecule has 2 rings (SSSR count). The van der Waals surface area contributed by atoms with Gasteiger partial charge in [-0.05, 0) is 57.0 Å². The molecule has 0 amide bonds. The fraction of sp³-hybridized carbons (Fsp3) is 0.571. The Balaban J connectivity index is 0.000000382. The maximum Gasteiger partial charge on any atom is 0.292 e. The molecule has 10 nitrogen and oxygen atoms in total. The summed E-state index contributed by atoms with van der Waals surface area (Å²) >= 11 is 0. The number of unbranched alkanes of at least 4 members (excludes halogenated alkanes) is 2. The number of anilines is 5. The number of rotatable bonds is 17. The lowest BCUT2D eigenvalue weighted by molar-refractivity contribution is -0.383. The van der Waals surface area contributed by atoms with Gasteiger partial charge >= 0.3 is 0 Å². The van der Waals surface area contributed by atoms with Crippen LogP contribution >= 0.6 is 0 Å². The van der Waals surface area contributed by atoms with Gasteiger partial charge in [-0.25, -0.2) is 0 Å². The average molecular weight is 533 g/mol. The highest BCUT2D eigenvalue weighted by Gasteiger charge is 2.15. The maximum absolute atomic E-state index is 11.0. The van der Waals surface area contributed by atoms with Crippen molar-refractivity contribution in [3.05, 3.63) is 46.5 Å². The monoisotopic (exact) mass is 532 g/mol. The quantitative estimate of drug-likeness (QED) is 0.0830. The number of nitro benzene ring substituents is 1. The molecule has 2 aromatic carbocycles. The van der Waals surface area contributed by atoms with Crippen molar-refractivity contribution in [3.8, 4) is 0 Å². The van der Waals surface area contributed by atoms with Crippen LogP contribution in [0.1, 0.15) is 53.4 Å². The van der Waals surface area contributed by atoms with Crippen molar-refractivity contribution in [1.82, 2.24) is 0 Å². The first kappa shape index (κ1) is 32.8. The standard InChI is InChI=1S/C14H23N3O3.C14H25N3O/c1-3-5-8-15-13-11-12(16(4-2)9-10-18)6-7-14(13)17(19)20;1-3-5-8-16-14-11-12(6-7-13(14)15)17(4-2)9-10-18/h6-7,11,15,18H,3-5,8-10H2,1-2H3;6-7,11,16,18H,3-5,8-10,15H2,1-2H3. The number of nitrogens with one attached hydrogen (secondary N) is 2. The molecule has 0 aliphatic carbocycles. The third-order valence-corrected chi connectivity index (χ3v) is 6.14. The van der Waals surface area contributed by atoms with Crippen LogP contribution in [-0.4, -0.2) is 67.6 Å². The highest BCUT2D eigenvalue weighted by Crippen LogP contribution is 2.29. The summed E-state index contributed by atoms with van der Waals surface area (Å²) in [5.41, 5.74) is 10.3. The topological polar surface area (TPSA) is 140 Å². The summed E-state index contributed by atoms with van der Waals surface area (Å²) in [5, 5.41) is 35.6. The van der Waals surface area contributed by atoms with E-state index in [0.29, 0.717) is 25.3 Å². The van der Waals surface area contributed by atoms with Crippen LogP contribution in [0.4, 0.5) is 34.1 Å². The van der Waals surface area contributed by atoms with Crippen LogP contribution in [0.25, 0.3) is 0 Å². The number of nitro groups is 1. The molecule has 2 aromatic rings. The number of aliphatic hydroxyl groups excluding tert-OH is 2. The van der Waals surface area contributed by atoms with Gasteiger partial charge in [0, 0.05) is 56.7 Å². The van der Waals surface area contributed by atoms with Crippen molar-refractivity contribution in [2.24, 2.45) is 0 Å². The minimum absolute atomic E-state index is 0.0590. The Morgan fingerprint density at radius 2 is 1.29 bits per heavy atom.